The van der Waals surface area contributed by atoms with Crippen LogP contribution in [0.4, 0.5) is 10.5 Å². The van der Waals surface area contributed by atoms with Gasteiger partial charge in [-0.3, -0.25) is 0 Å². The van der Waals surface area contributed by atoms with Gasteiger partial charge in [-0.15, -0.1) is 0 Å². The average Bonchev–Trinajstić information content (AvgIpc) is 3.76. The van der Waals surface area contributed by atoms with E-state index in [0.717, 1.165) is 60.9 Å². The number of carbonyl (C=O) groups excluding carboxylic acids is 1. The molecule has 4 aromatic rings. The van der Waals surface area contributed by atoms with Crippen molar-refractivity contribution < 1.29 is 19.0 Å². The highest BCUT2D eigenvalue weighted by Gasteiger charge is 2.24. The molecule has 10 nitrogen and oxygen atoms in total. The Bertz CT molecular complexity index is 1620. The zero-order valence-corrected chi connectivity index (χ0v) is 29.2. The van der Waals surface area contributed by atoms with Crippen LogP contribution in [0.5, 0.6) is 17.4 Å². The maximum atomic E-state index is 12.2. The molecule has 246 valence electrons. The van der Waals surface area contributed by atoms with Crippen LogP contribution in [0.25, 0.3) is 22.3 Å². The summed E-state index contributed by atoms with van der Waals surface area (Å²) in [6.07, 6.45) is 3.51. The predicted octanol–water partition coefficient (Wildman–Crippen LogP) is 7.86. The molecule has 0 unspecified atom stereocenters. The zero-order chi connectivity index (χ0) is 32.7. The van der Waals surface area contributed by atoms with Crippen molar-refractivity contribution in [1.82, 2.24) is 24.8 Å². The molecule has 2 aromatic carbocycles. The van der Waals surface area contributed by atoms with Gasteiger partial charge in [0, 0.05) is 33.3 Å². The van der Waals surface area contributed by atoms with Gasteiger partial charge >= 0.3 is 6.03 Å². The first kappa shape index (κ1) is 33.7. The third-order valence-electron chi connectivity index (χ3n) is 7.91. The van der Waals surface area contributed by atoms with Crippen LogP contribution in [0.1, 0.15) is 26.7 Å². The average molecular weight is 665 g/mol. The van der Waals surface area contributed by atoms with Gasteiger partial charge in [0.1, 0.15) is 36.8 Å². The first-order valence-electron chi connectivity index (χ1n) is 16.1. The standard InChI is InChI=1S/C34H45ClN6O4Si/c1-6-40(7-2)16-17-44-26-12-8-24(9-13-26)31-21-28-32(41(31)23-43-18-19-46(3,4)5)36-22-37-33(28)45-27-14-15-30(29(35)20-27)39-34(42)38-25-10-11-25/h8-9,12-15,20-22,25H,6-7,10-11,16-19,23H2,1-5H3,(H2,38,39,42). The van der Waals surface area contributed by atoms with E-state index in [1.165, 1.54) is 6.33 Å². The van der Waals surface area contributed by atoms with Crippen LogP contribution in [-0.2, 0) is 11.5 Å². The van der Waals surface area contributed by atoms with E-state index in [1.54, 1.807) is 18.2 Å². The molecule has 0 radical (unpaired) electrons. The van der Waals surface area contributed by atoms with Crippen LogP contribution in [0.3, 0.4) is 0 Å². The number of aromatic nitrogens is 3. The van der Waals surface area contributed by atoms with E-state index in [1.807, 2.05) is 18.2 Å². The summed E-state index contributed by atoms with van der Waals surface area (Å²) in [7, 11) is -1.25. The number of fused-ring (bicyclic) bond motifs is 1. The van der Waals surface area contributed by atoms with E-state index in [4.69, 9.17) is 25.8 Å². The minimum atomic E-state index is -1.25. The largest absolute Gasteiger partial charge is 0.492 e. The van der Waals surface area contributed by atoms with Crippen LogP contribution in [0.2, 0.25) is 30.7 Å². The molecule has 1 aliphatic rings. The molecule has 1 aliphatic carbocycles. The Morgan fingerprint density at radius 3 is 2.43 bits per heavy atom. The first-order chi connectivity index (χ1) is 22.1. The Labute approximate surface area is 277 Å². The van der Waals surface area contributed by atoms with Crippen molar-refractivity contribution in [2.24, 2.45) is 0 Å². The van der Waals surface area contributed by atoms with Crippen LogP contribution in [0, 0.1) is 0 Å². The van der Waals surface area contributed by atoms with Crippen molar-refractivity contribution in [3.63, 3.8) is 0 Å². The van der Waals surface area contributed by atoms with Gasteiger partial charge in [0.05, 0.1) is 21.8 Å². The minimum absolute atomic E-state index is 0.248. The van der Waals surface area contributed by atoms with Gasteiger partial charge in [-0.05, 0) is 80.0 Å². The third kappa shape index (κ3) is 9.22. The molecule has 0 aliphatic heterocycles. The summed E-state index contributed by atoms with van der Waals surface area (Å²) in [4.78, 5) is 23.6. The molecule has 0 bridgehead atoms. The van der Waals surface area contributed by atoms with Gasteiger partial charge in [-0.1, -0.05) is 45.1 Å². The number of benzene rings is 2. The highest BCUT2D eigenvalue weighted by Crippen LogP contribution is 2.36. The molecule has 2 heterocycles. The number of rotatable bonds is 16. The third-order valence-corrected chi connectivity index (χ3v) is 9.92. The van der Waals surface area contributed by atoms with Crippen molar-refractivity contribution in [1.29, 1.82) is 0 Å². The monoisotopic (exact) mass is 664 g/mol. The Kier molecular flexibility index (Phi) is 11.2. The molecule has 1 fully saturated rings. The topological polar surface area (TPSA) is 103 Å². The molecule has 5 rings (SSSR count). The fraction of sp³-hybridized carbons (Fsp3) is 0.441. The fourth-order valence-corrected chi connectivity index (χ4v) is 5.90. The van der Waals surface area contributed by atoms with E-state index in [-0.39, 0.29) is 12.1 Å². The Balaban J connectivity index is 1.37. The molecule has 0 spiro atoms. The van der Waals surface area contributed by atoms with Crippen molar-refractivity contribution in [3.8, 4) is 28.6 Å². The Morgan fingerprint density at radius 1 is 1.02 bits per heavy atom. The van der Waals surface area contributed by atoms with Gasteiger partial charge in [0.25, 0.3) is 0 Å². The molecule has 0 saturated heterocycles. The van der Waals surface area contributed by atoms with Gasteiger partial charge in [0.15, 0.2) is 0 Å². The van der Waals surface area contributed by atoms with Gasteiger partial charge in [0.2, 0.25) is 5.88 Å². The smallest absolute Gasteiger partial charge is 0.319 e. The molecular formula is C34H45ClN6O4Si. The SMILES string of the molecule is CCN(CC)CCOc1ccc(-c2cc3c(Oc4ccc(NC(=O)NC5CC5)c(Cl)c4)ncnc3n2COCC[Si](C)(C)C)cc1. The van der Waals surface area contributed by atoms with Gasteiger partial charge in [-0.2, -0.15) is 0 Å². The number of halogens is 1. The van der Waals surface area contributed by atoms with Gasteiger partial charge < -0.3 is 34.3 Å². The van der Waals surface area contributed by atoms with Crippen molar-refractivity contribution in [2.75, 3.05) is 38.2 Å². The summed E-state index contributed by atoms with van der Waals surface area (Å²) < 4.78 is 20.5. The molecule has 46 heavy (non-hydrogen) atoms. The zero-order valence-electron chi connectivity index (χ0n) is 27.4. The quantitative estimate of drug-likeness (QED) is 0.0928. The number of nitrogens with zero attached hydrogens (tertiary/aromatic N) is 4. The summed E-state index contributed by atoms with van der Waals surface area (Å²) in [6, 6.07) is 16.3. The van der Waals surface area contributed by atoms with Gasteiger partial charge in [-0.25, -0.2) is 14.8 Å². The number of anilines is 1. The summed E-state index contributed by atoms with van der Waals surface area (Å²) in [6.45, 7) is 15.9. The molecule has 12 heteroatoms. The molecule has 0 atom stereocenters. The second kappa shape index (κ2) is 15.3. The lowest BCUT2D eigenvalue weighted by atomic mass is 10.1. The number of amides is 2. The minimum Gasteiger partial charge on any atom is -0.492 e. The number of urea groups is 1. The Hall–Kier alpha value is -3.64. The summed E-state index contributed by atoms with van der Waals surface area (Å²) in [5.74, 6) is 1.71. The number of nitrogens with one attached hydrogen (secondary N) is 2. The van der Waals surface area contributed by atoms with Crippen LogP contribution >= 0.6 is 11.6 Å². The summed E-state index contributed by atoms with van der Waals surface area (Å²) >= 11 is 6.51. The lowest BCUT2D eigenvalue weighted by Crippen LogP contribution is -2.30. The van der Waals surface area contributed by atoms with E-state index in [0.29, 0.717) is 47.9 Å². The normalized spacial score (nSPS) is 13.3. The van der Waals surface area contributed by atoms with E-state index < -0.39 is 8.07 Å². The number of ether oxygens (including phenoxy) is 3. The molecule has 2 amide bonds. The van der Waals surface area contributed by atoms with Crippen LogP contribution in [0.15, 0.2) is 54.9 Å². The van der Waals surface area contributed by atoms with E-state index >= 15 is 0 Å². The number of hydrogen-bond donors (Lipinski definition) is 2. The first-order valence-corrected chi connectivity index (χ1v) is 20.1. The second-order valence-electron chi connectivity index (χ2n) is 12.7. The molecule has 1 saturated carbocycles. The fourth-order valence-electron chi connectivity index (χ4n) is 4.92. The second-order valence-corrected chi connectivity index (χ2v) is 18.8. The van der Waals surface area contributed by atoms with E-state index in [2.05, 4.69) is 75.7 Å². The highest BCUT2D eigenvalue weighted by molar-refractivity contribution is 6.76. The number of likely N-dealkylation sites (N-methyl/N-ethyl adjacent to an activating group) is 1. The maximum Gasteiger partial charge on any atom is 0.319 e. The Morgan fingerprint density at radius 2 is 1.76 bits per heavy atom. The highest BCUT2D eigenvalue weighted by atomic mass is 35.5. The molecule has 2 N–H and O–H groups in total. The van der Waals surface area contributed by atoms with E-state index in [9.17, 15) is 4.79 Å². The van der Waals surface area contributed by atoms with Crippen molar-refractivity contribution in [3.05, 3.63) is 59.9 Å². The maximum absolute atomic E-state index is 12.2. The molecule has 2 aromatic heterocycles. The lowest BCUT2D eigenvalue weighted by molar-refractivity contribution is 0.0909. The van der Waals surface area contributed by atoms with Crippen LogP contribution in [-0.4, -0.2) is 72.4 Å². The predicted molar refractivity (Wildman–Crippen MR) is 187 cm³/mol. The molecular weight excluding hydrogens is 620 g/mol. The van der Waals surface area contributed by atoms with Crippen molar-refractivity contribution in [2.45, 2.75) is 65.1 Å². The summed E-state index contributed by atoms with van der Waals surface area (Å²) in [5, 5.41) is 6.80. The summed E-state index contributed by atoms with van der Waals surface area (Å²) in [5.41, 5.74) is 3.14. The van der Waals surface area contributed by atoms with Crippen molar-refractivity contribution >= 4 is 42.4 Å². The number of hydrogen-bond acceptors (Lipinski definition) is 7. The van der Waals surface area contributed by atoms with Crippen LogP contribution < -0.4 is 20.1 Å². The number of carbonyl (C=O) groups is 1. The lowest BCUT2D eigenvalue weighted by Gasteiger charge is -2.18.